The third kappa shape index (κ3) is 6.62. The number of hydrogen-bond donors (Lipinski definition) is 1. The molecule has 0 saturated carbocycles. The van der Waals surface area contributed by atoms with Gasteiger partial charge in [-0.3, -0.25) is 0 Å². The molecule has 0 saturated heterocycles. The van der Waals surface area contributed by atoms with Crippen LogP contribution in [0.5, 0.6) is 0 Å². The Labute approximate surface area is 98.6 Å². The molecule has 0 aromatic carbocycles. The van der Waals surface area contributed by atoms with E-state index >= 15 is 0 Å². The molecular formula is C13H24N2O. The highest BCUT2D eigenvalue weighted by Gasteiger charge is 1.96. The lowest BCUT2D eigenvalue weighted by Gasteiger charge is -2.04. The van der Waals surface area contributed by atoms with Gasteiger partial charge in [-0.2, -0.15) is 0 Å². The van der Waals surface area contributed by atoms with Crippen molar-refractivity contribution in [1.82, 2.24) is 10.3 Å². The van der Waals surface area contributed by atoms with Crippen molar-refractivity contribution >= 4 is 0 Å². The summed E-state index contributed by atoms with van der Waals surface area (Å²) in [5.74, 6) is 1.77. The number of aromatic nitrogens is 1. The van der Waals surface area contributed by atoms with E-state index in [1.807, 2.05) is 0 Å². The van der Waals surface area contributed by atoms with Gasteiger partial charge in [-0.15, -0.1) is 0 Å². The summed E-state index contributed by atoms with van der Waals surface area (Å²) >= 11 is 0. The van der Waals surface area contributed by atoms with Crippen LogP contribution in [0.25, 0.3) is 0 Å². The largest absolute Gasteiger partial charge is 0.447 e. The van der Waals surface area contributed by atoms with Gasteiger partial charge in [0.1, 0.15) is 5.76 Å². The number of nitrogens with one attached hydrogen (secondary N) is 1. The van der Waals surface area contributed by atoms with Gasteiger partial charge in [0.2, 0.25) is 0 Å². The summed E-state index contributed by atoms with van der Waals surface area (Å²) in [5.41, 5.74) is 0. The molecule has 1 aromatic heterocycles. The lowest BCUT2D eigenvalue weighted by molar-refractivity contribution is 0.470. The molecule has 0 amide bonds. The van der Waals surface area contributed by atoms with Gasteiger partial charge < -0.3 is 9.73 Å². The fourth-order valence-electron chi connectivity index (χ4n) is 1.70. The Morgan fingerprint density at radius 2 is 2.06 bits per heavy atom. The predicted molar refractivity (Wildman–Crippen MR) is 66.1 cm³/mol. The van der Waals surface area contributed by atoms with Crippen LogP contribution in [0.2, 0.25) is 0 Å². The Morgan fingerprint density at radius 1 is 1.25 bits per heavy atom. The topological polar surface area (TPSA) is 38.1 Å². The maximum atomic E-state index is 5.13. The third-order valence-electron chi connectivity index (χ3n) is 2.67. The molecule has 3 nitrogen and oxygen atoms in total. The molecule has 0 fully saturated rings. The average Bonchev–Trinajstić information content (AvgIpc) is 2.74. The van der Waals surface area contributed by atoms with E-state index in [9.17, 15) is 0 Å². The molecule has 0 spiro atoms. The second kappa shape index (κ2) is 8.34. The summed E-state index contributed by atoms with van der Waals surface area (Å²) in [6.07, 6.45) is 9.92. The molecule has 3 heteroatoms. The highest BCUT2D eigenvalue weighted by molar-refractivity contribution is 4.86. The fourth-order valence-corrected chi connectivity index (χ4v) is 1.70. The van der Waals surface area contributed by atoms with Crippen molar-refractivity contribution in [3.8, 4) is 0 Å². The first-order valence-corrected chi connectivity index (χ1v) is 6.37. The highest BCUT2D eigenvalue weighted by atomic mass is 16.3. The Kier molecular flexibility index (Phi) is 6.90. The molecule has 1 aromatic rings. The van der Waals surface area contributed by atoms with Crippen LogP contribution in [0.4, 0.5) is 0 Å². The summed E-state index contributed by atoms with van der Waals surface area (Å²) in [7, 11) is 0. The van der Waals surface area contributed by atoms with Crippen LogP contribution in [-0.4, -0.2) is 11.5 Å². The minimum atomic E-state index is 0.798. The van der Waals surface area contributed by atoms with Crippen molar-refractivity contribution in [2.75, 3.05) is 6.54 Å². The molecule has 0 atom stereocenters. The van der Waals surface area contributed by atoms with Crippen molar-refractivity contribution in [3.05, 3.63) is 18.4 Å². The van der Waals surface area contributed by atoms with Crippen molar-refractivity contribution in [1.29, 1.82) is 0 Å². The number of unbranched alkanes of at least 4 members (excludes halogenated alkanes) is 3. The first kappa shape index (κ1) is 13.2. The van der Waals surface area contributed by atoms with Gasteiger partial charge >= 0.3 is 0 Å². The molecule has 92 valence electrons. The third-order valence-corrected chi connectivity index (χ3v) is 2.67. The van der Waals surface area contributed by atoms with Crippen molar-refractivity contribution in [3.63, 3.8) is 0 Å². The fraction of sp³-hybridized carbons (Fsp3) is 0.769. The normalized spacial score (nSPS) is 11.2. The zero-order valence-electron chi connectivity index (χ0n) is 10.5. The molecule has 1 heterocycles. The molecule has 1 rings (SSSR count). The zero-order valence-corrected chi connectivity index (χ0v) is 10.5. The molecule has 0 aliphatic heterocycles. The highest BCUT2D eigenvalue weighted by Crippen LogP contribution is 2.08. The lowest BCUT2D eigenvalue weighted by Crippen LogP contribution is -2.14. The maximum Gasteiger partial charge on any atom is 0.180 e. The smallest absolute Gasteiger partial charge is 0.180 e. The Hall–Kier alpha value is -0.830. The van der Waals surface area contributed by atoms with E-state index in [0.29, 0.717) is 0 Å². The van der Waals surface area contributed by atoms with E-state index < -0.39 is 0 Å². The zero-order chi connectivity index (χ0) is 11.6. The number of nitrogens with zero attached hydrogens (tertiary/aromatic N) is 1. The van der Waals surface area contributed by atoms with Gasteiger partial charge in [-0.25, -0.2) is 4.98 Å². The van der Waals surface area contributed by atoms with E-state index in [-0.39, 0.29) is 0 Å². The molecule has 0 radical (unpaired) electrons. The molecule has 0 aliphatic rings. The molecule has 0 bridgehead atoms. The van der Waals surface area contributed by atoms with Gasteiger partial charge in [0.15, 0.2) is 6.39 Å². The molecule has 0 aliphatic carbocycles. The first-order chi connectivity index (χ1) is 7.79. The maximum absolute atomic E-state index is 5.13. The second-order valence-electron chi connectivity index (χ2n) is 4.74. The van der Waals surface area contributed by atoms with Crippen LogP contribution in [0.15, 0.2) is 17.0 Å². The number of hydrogen-bond acceptors (Lipinski definition) is 3. The number of rotatable bonds is 9. The minimum absolute atomic E-state index is 0.798. The van der Waals surface area contributed by atoms with Gasteiger partial charge in [0.05, 0.1) is 12.7 Å². The van der Waals surface area contributed by atoms with Crippen molar-refractivity contribution < 1.29 is 4.42 Å². The summed E-state index contributed by atoms with van der Waals surface area (Å²) in [4.78, 5) is 3.87. The van der Waals surface area contributed by atoms with Gasteiger partial charge in [-0.05, 0) is 18.9 Å². The van der Waals surface area contributed by atoms with E-state index in [0.717, 1.165) is 24.8 Å². The van der Waals surface area contributed by atoms with E-state index in [1.54, 1.807) is 6.20 Å². The molecular weight excluding hydrogens is 200 g/mol. The van der Waals surface area contributed by atoms with Gasteiger partial charge in [0, 0.05) is 0 Å². The SMILES string of the molecule is CC(C)CCCCCCNCc1cnco1. The van der Waals surface area contributed by atoms with Gasteiger partial charge in [0.25, 0.3) is 0 Å². The molecule has 0 unspecified atom stereocenters. The van der Waals surface area contributed by atoms with Gasteiger partial charge in [-0.1, -0.05) is 39.5 Å². The van der Waals surface area contributed by atoms with E-state index in [1.165, 1.54) is 38.5 Å². The monoisotopic (exact) mass is 224 g/mol. The second-order valence-corrected chi connectivity index (χ2v) is 4.74. The van der Waals surface area contributed by atoms with Crippen LogP contribution in [0.1, 0.15) is 51.7 Å². The van der Waals surface area contributed by atoms with E-state index in [2.05, 4.69) is 24.1 Å². The summed E-state index contributed by atoms with van der Waals surface area (Å²) in [6, 6.07) is 0. The quantitative estimate of drug-likeness (QED) is 0.653. The van der Waals surface area contributed by atoms with Crippen molar-refractivity contribution in [2.45, 2.75) is 52.5 Å². The predicted octanol–water partition coefficient (Wildman–Crippen LogP) is 3.37. The number of oxazole rings is 1. The summed E-state index contributed by atoms with van der Waals surface area (Å²) in [6.45, 7) is 6.45. The minimum Gasteiger partial charge on any atom is -0.447 e. The first-order valence-electron chi connectivity index (χ1n) is 6.37. The van der Waals surface area contributed by atoms with E-state index in [4.69, 9.17) is 4.42 Å². The van der Waals surface area contributed by atoms with Crippen LogP contribution in [-0.2, 0) is 6.54 Å². The summed E-state index contributed by atoms with van der Waals surface area (Å²) in [5, 5.41) is 3.35. The van der Waals surface area contributed by atoms with Crippen LogP contribution < -0.4 is 5.32 Å². The summed E-state index contributed by atoms with van der Waals surface area (Å²) < 4.78 is 5.13. The Morgan fingerprint density at radius 3 is 2.75 bits per heavy atom. The van der Waals surface area contributed by atoms with Crippen LogP contribution in [0, 0.1) is 5.92 Å². The van der Waals surface area contributed by atoms with Crippen molar-refractivity contribution in [2.24, 2.45) is 5.92 Å². The lowest BCUT2D eigenvalue weighted by atomic mass is 10.0. The molecule has 1 N–H and O–H groups in total. The Balaban J connectivity index is 1.82. The average molecular weight is 224 g/mol. The molecule has 16 heavy (non-hydrogen) atoms. The van der Waals surface area contributed by atoms with Crippen LogP contribution >= 0.6 is 0 Å². The Bertz CT molecular complexity index is 244. The van der Waals surface area contributed by atoms with Crippen LogP contribution in [0.3, 0.4) is 0 Å². The standard InChI is InChI=1S/C13H24N2O/c1-12(2)7-5-3-4-6-8-14-9-13-10-15-11-16-13/h10-12,14H,3-9H2,1-2H3.